The molecule has 2 rings (SSSR count). The van der Waals surface area contributed by atoms with Gasteiger partial charge in [0.25, 0.3) is 5.56 Å². The molecule has 1 atom stereocenters. The maximum Gasteiger partial charge on any atom is 0.295 e. The Morgan fingerprint density at radius 1 is 1.76 bits per heavy atom. The van der Waals surface area contributed by atoms with Crippen LogP contribution in [-0.2, 0) is 4.74 Å². The number of methoxy groups -OCH3 is 1. The van der Waals surface area contributed by atoms with Crippen LogP contribution < -0.4 is 20.9 Å². The highest BCUT2D eigenvalue weighted by Crippen LogP contribution is 2.22. The molecular formula is C10H16N4O3. The summed E-state index contributed by atoms with van der Waals surface area (Å²) in [6.07, 6.45) is 1.34. The molecule has 0 saturated carbocycles. The second-order valence-electron chi connectivity index (χ2n) is 3.76. The molecule has 1 fully saturated rings. The monoisotopic (exact) mass is 240 g/mol. The molecule has 1 aliphatic rings. The first kappa shape index (κ1) is 11.9. The van der Waals surface area contributed by atoms with Crippen LogP contribution >= 0.6 is 0 Å². The zero-order valence-electron chi connectivity index (χ0n) is 9.68. The Bertz CT molecular complexity index is 434. The molecule has 3 N–H and O–H groups in total. The Morgan fingerprint density at radius 3 is 3.29 bits per heavy atom. The van der Waals surface area contributed by atoms with Gasteiger partial charge in [-0.1, -0.05) is 0 Å². The highest BCUT2D eigenvalue weighted by atomic mass is 16.5. The zero-order chi connectivity index (χ0) is 12.3. The lowest BCUT2D eigenvalue weighted by atomic mass is 10.2. The molecule has 0 radical (unpaired) electrons. The lowest BCUT2D eigenvalue weighted by molar-refractivity contribution is 0.0461. The van der Waals surface area contributed by atoms with E-state index in [1.807, 2.05) is 4.90 Å². The van der Waals surface area contributed by atoms with Crippen molar-refractivity contribution in [2.24, 2.45) is 5.73 Å². The molecule has 0 spiro atoms. The van der Waals surface area contributed by atoms with Gasteiger partial charge in [0.2, 0.25) is 5.75 Å². The number of nitrogens with zero attached hydrogens (tertiary/aromatic N) is 2. The second kappa shape index (κ2) is 5.15. The van der Waals surface area contributed by atoms with Gasteiger partial charge in [-0.2, -0.15) is 0 Å². The molecule has 1 saturated heterocycles. The van der Waals surface area contributed by atoms with Gasteiger partial charge in [-0.15, -0.1) is 0 Å². The van der Waals surface area contributed by atoms with Crippen molar-refractivity contribution in [1.82, 2.24) is 9.97 Å². The van der Waals surface area contributed by atoms with E-state index in [0.717, 1.165) is 0 Å². The molecule has 7 nitrogen and oxygen atoms in total. The number of nitrogens with two attached hydrogens (primary N) is 1. The summed E-state index contributed by atoms with van der Waals surface area (Å²) < 4.78 is 10.5. The highest BCUT2D eigenvalue weighted by molar-refractivity contribution is 5.51. The molecule has 1 unspecified atom stereocenters. The molecule has 17 heavy (non-hydrogen) atoms. The Hall–Kier alpha value is -1.60. The van der Waals surface area contributed by atoms with Crippen LogP contribution in [0.3, 0.4) is 0 Å². The minimum absolute atomic E-state index is 0.0328. The van der Waals surface area contributed by atoms with E-state index in [2.05, 4.69) is 9.97 Å². The molecule has 1 aromatic rings. The number of anilines is 1. The number of H-pyrrole nitrogens is 1. The predicted octanol–water partition coefficient (Wildman–Crippen LogP) is -1.06. The topological polar surface area (TPSA) is 93.5 Å². The minimum Gasteiger partial charge on any atom is -0.489 e. The molecule has 0 amide bonds. The normalized spacial score (nSPS) is 20.4. The number of aromatic amines is 1. The van der Waals surface area contributed by atoms with E-state index in [4.69, 9.17) is 15.2 Å². The van der Waals surface area contributed by atoms with Crippen molar-refractivity contribution in [3.05, 3.63) is 16.7 Å². The summed E-state index contributed by atoms with van der Waals surface area (Å²) in [5.41, 5.74) is 5.29. The van der Waals surface area contributed by atoms with Gasteiger partial charge in [0.05, 0.1) is 26.1 Å². The van der Waals surface area contributed by atoms with Crippen molar-refractivity contribution in [2.45, 2.75) is 6.10 Å². The summed E-state index contributed by atoms with van der Waals surface area (Å²) in [7, 11) is 1.45. The average molecular weight is 240 g/mol. The number of aromatic nitrogens is 2. The first-order valence-corrected chi connectivity index (χ1v) is 5.44. The SMILES string of the molecule is COc1c(N2CCOC(CN)C2)nc[nH]c1=O. The minimum atomic E-state index is -0.284. The highest BCUT2D eigenvalue weighted by Gasteiger charge is 2.23. The number of nitrogens with one attached hydrogen (secondary N) is 1. The van der Waals surface area contributed by atoms with E-state index in [1.54, 1.807) is 0 Å². The van der Waals surface area contributed by atoms with Crippen LogP contribution in [0.4, 0.5) is 5.82 Å². The van der Waals surface area contributed by atoms with Crippen LogP contribution in [0, 0.1) is 0 Å². The molecular weight excluding hydrogens is 224 g/mol. The maximum atomic E-state index is 11.6. The van der Waals surface area contributed by atoms with Crippen molar-refractivity contribution < 1.29 is 9.47 Å². The van der Waals surface area contributed by atoms with E-state index in [0.29, 0.717) is 32.1 Å². The van der Waals surface area contributed by atoms with Gasteiger partial charge in [-0.3, -0.25) is 4.79 Å². The summed E-state index contributed by atoms with van der Waals surface area (Å²) in [5, 5.41) is 0. The van der Waals surface area contributed by atoms with Gasteiger partial charge < -0.3 is 25.1 Å². The molecule has 94 valence electrons. The van der Waals surface area contributed by atoms with Crippen LogP contribution in [0.25, 0.3) is 0 Å². The number of ether oxygens (including phenoxy) is 2. The molecule has 1 aromatic heterocycles. The summed E-state index contributed by atoms with van der Waals surface area (Å²) in [6.45, 7) is 2.30. The average Bonchev–Trinajstić information content (AvgIpc) is 2.38. The number of hydrogen-bond donors (Lipinski definition) is 2. The fraction of sp³-hybridized carbons (Fsp3) is 0.600. The van der Waals surface area contributed by atoms with Crippen LogP contribution in [0.1, 0.15) is 0 Å². The fourth-order valence-electron chi connectivity index (χ4n) is 1.84. The first-order valence-electron chi connectivity index (χ1n) is 5.44. The van der Waals surface area contributed by atoms with Crippen LogP contribution in [0.5, 0.6) is 5.75 Å². The summed E-state index contributed by atoms with van der Waals surface area (Å²) in [6, 6.07) is 0. The Morgan fingerprint density at radius 2 is 2.59 bits per heavy atom. The molecule has 1 aliphatic heterocycles. The van der Waals surface area contributed by atoms with Crippen molar-refractivity contribution in [2.75, 3.05) is 38.3 Å². The summed E-state index contributed by atoms with van der Waals surface area (Å²) in [4.78, 5) is 20.1. The van der Waals surface area contributed by atoms with Crippen LogP contribution in [-0.4, -0.2) is 49.4 Å². The molecule has 0 aromatic carbocycles. The zero-order valence-corrected chi connectivity index (χ0v) is 9.68. The Kier molecular flexibility index (Phi) is 3.60. The Balaban J connectivity index is 2.27. The van der Waals surface area contributed by atoms with Gasteiger partial charge in [-0.05, 0) is 0 Å². The first-order chi connectivity index (χ1) is 8.26. The molecule has 7 heteroatoms. The van der Waals surface area contributed by atoms with Crippen molar-refractivity contribution in [3.8, 4) is 5.75 Å². The van der Waals surface area contributed by atoms with E-state index < -0.39 is 0 Å². The van der Waals surface area contributed by atoms with Gasteiger partial charge in [0, 0.05) is 19.6 Å². The van der Waals surface area contributed by atoms with E-state index in [1.165, 1.54) is 13.4 Å². The molecule has 0 bridgehead atoms. The third-order valence-electron chi connectivity index (χ3n) is 2.70. The Labute approximate surface area is 98.5 Å². The second-order valence-corrected chi connectivity index (χ2v) is 3.76. The standard InChI is InChI=1S/C10H16N4O3/c1-16-8-9(12-6-13-10(8)15)14-2-3-17-7(4-11)5-14/h6-7H,2-5,11H2,1H3,(H,12,13,15). The van der Waals surface area contributed by atoms with E-state index >= 15 is 0 Å². The summed E-state index contributed by atoms with van der Waals surface area (Å²) >= 11 is 0. The largest absolute Gasteiger partial charge is 0.489 e. The molecule has 2 heterocycles. The lowest BCUT2D eigenvalue weighted by Gasteiger charge is -2.33. The van der Waals surface area contributed by atoms with Crippen molar-refractivity contribution in [3.63, 3.8) is 0 Å². The number of hydrogen-bond acceptors (Lipinski definition) is 6. The van der Waals surface area contributed by atoms with Gasteiger partial charge in [0.1, 0.15) is 0 Å². The maximum absolute atomic E-state index is 11.6. The summed E-state index contributed by atoms with van der Waals surface area (Å²) in [5.74, 6) is 0.767. The quantitative estimate of drug-likeness (QED) is 0.699. The van der Waals surface area contributed by atoms with E-state index in [-0.39, 0.29) is 17.4 Å². The van der Waals surface area contributed by atoms with Gasteiger partial charge >= 0.3 is 0 Å². The van der Waals surface area contributed by atoms with E-state index in [9.17, 15) is 4.79 Å². The van der Waals surface area contributed by atoms with Crippen LogP contribution in [0.2, 0.25) is 0 Å². The third-order valence-corrected chi connectivity index (χ3v) is 2.70. The number of morpholine rings is 1. The van der Waals surface area contributed by atoms with Gasteiger partial charge in [-0.25, -0.2) is 4.98 Å². The smallest absolute Gasteiger partial charge is 0.295 e. The number of rotatable bonds is 3. The van der Waals surface area contributed by atoms with Gasteiger partial charge in [0.15, 0.2) is 5.82 Å². The fourth-order valence-corrected chi connectivity index (χ4v) is 1.84. The predicted molar refractivity (Wildman–Crippen MR) is 62.4 cm³/mol. The van der Waals surface area contributed by atoms with Crippen molar-refractivity contribution in [1.29, 1.82) is 0 Å². The lowest BCUT2D eigenvalue weighted by Crippen LogP contribution is -2.46. The van der Waals surface area contributed by atoms with Crippen molar-refractivity contribution >= 4 is 5.82 Å². The van der Waals surface area contributed by atoms with Crippen LogP contribution in [0.15, 0.2) is 11.1 Å². The third kappa shape index (κ3) is 2.40. The molecule has 0 aliphatic carbocycles.